The van der Waals surface area contributed by atoms with E-state index < -0.39 is 21.7 Å². The highest BCUT2D eigenvalue weighted by Crippen LogP contribution is 2.20. The third-order valence-electron chi connectivity index (χ3n) is 3.40. The van der Waals surface area contributed by atoms with E-state index in [1.54, 1.807) is 6.92 Å². The number of nitrogens with one attached hydrogen (secondary N) is 2. The second-order valence-corrected chi connectivity index (χ2v) is 7.13. The minimum absolute atomic E-state index is 0.0425. The Bertz CT molecular complexity index is 657. The molecule has 1 saturated heterocycles. The summed E-state index contributed by atoms with van der Waals surface area (Å²) in [6.45, 7) is 2.46. The number of ether oxygens (including phenoxy) is 1. The van der Waals surface area contributed by atoms with Crippen molar-refractivity contribution < 1.29 is 22.3 Å². The van der Waals surface area contributed by atoms with Crippen LogP contribution in [0.15, 0.2) is 18.2 Å². The van der Waals surface area contributed by atoms with Crippen molar-refractivity contribution in [2.24, 2.45) is 0 Å². The number of hydrogen-bond acceptors (Lipinski definition) is 4. The second kappa shape index (κ2) is 6.62. The lowest BCUT2D eigenvalue weighted by Crippen LogP contribution is -2.41. The molecule has 22 heavy (non-hydrogen) atoms. The Labute approximate surface area is 129 Å². The lowest BCUT2D eigenvalue weighted by Gasteiger charge is -2.21. The number of halogens is 1. The average Bonchev–Trinajstić information content (AvgIpc) is 2.93. The van der Waals surface area contributed by atoms with Gasteiger partial charge in [-0.05, 0) is 38.0 Å². The predicted molar refractivity (Wildman–Crippen MR) is 80.8 cm³/mol. The molecule has 1 aromatic rings. The largest absolute Gasteiger partial charge is 0.376 e. The molecule has 1 heterocycles. The first kappa shape index (κ1) is 16.7. The van der Waals surface area contributed by atoms with E-state index in [0.29, 0.717) is 6.61 Å². The van der Waals surface area contributed by atoms with E-state index in [1.807, 2.05) is 0 Å². The summed E-state index contributed by atoms with van der Waals surface area (Å²) in [4.78, 5) is 12.3. The molecule has 0 aliphatic carbocycles. The first-order chi connectivity index (χ1) is 10.3. The quantitative estimate of drug-likeness (QED) is 0.857. The molecule has 1 aliphatic rings. The van der Waals surface area contributed by atoms with E-state index in [1.165, 1.54) is 6.07 Å². The number of carbonyl (C=O) groups is 1. The van der Waals surface area contributed by atoms with Crippen LogP contribution < -0.4 is 10.0 Å². The summed E-state index contributed by atoms with van der Waals surface area (Å²) in [5, 5.41) is 2.73. The zero-order chi connectivity index (χ0) is 16.3. The van der Waals surface area contributed by atoms with Gasteiger partial charge < -0.3 is 10.1 Å². The SMILES string of the molecule is CC(NC(=O)c1cc(F)ccc1NS(C)(=O)=O)C1CCCO1. The standard InChI is InChI=1S/C14H19FN2O4S/c1-9(13-4-3-7-21-13)16-14(18)11-8-10(15)5-6-12(11)17-22(2,19)20/h5-6,8-9,13,17H,3-4,7H2,1-2H3,(H,16,18). The number of sulfonamides is 1. The molecular weight excluding hydrogens is 311 g/mol. The van der Waals surface area contributed by atoms with Crippen LogP contribution in [0.4, 0.5) is 10.1 Å². The first-order valence-corrected chi connectivity index (χ1v) is 8.85. The van der Waals surface area contributed by atoms with Crippen LogP contribution in [-0.2, 0) is 14.8 Å². The summed E-state index contributed by atoms with van der Waals surface area (Å²) in [6, 6.07) is 3.07. The van der Waals surface area contributed by atoms with E-state index in [9.17, 15) is 17.6 Å². The summed E-state index contributed by atoms with van der Waals surface area (Å²) in [6.07, 6.45) is 2.67. The van der Waals surface area contributed by atoms with Crippen LogP contribution in [-0.4, -0.2) is 39.3 Å². The van der Waals surface area contributed by atoms with E-state index >= 15 is 0 Å². The fourth-order valence-corrected chi connectivity index (χ4v) is 2.94. The fraction of sp³-hybridized carbons (Fsp3) is 0.500. The highest BCUT2D eigenvalue weighted by molar-refractivity contribution is 7.92. The van der Waals surface area contributed by atoms with Crippen molar-refractivity contribution in [3.8, 4) is 0 Å². The van der Waals surface area contributed by atoms with Crippen LogP contribution in [0.5, 0.6) is 0 Å². The maximum Gasteiger partial charge on any atom is 0.253 e. The zero-order valence-corrected chi connectivity index (χ0v) is 13.2. The molecule has 2 N–H and O–H groups in total. The maximum atomic E-state index is 13.4. The van der Waals surface area contributed by atoms with Crippen molar-refractivity contribution in [1.82, 2.24) is 5.32 Å². The Hall–Kier alpha value is -1.67. The van der Waals surface area contributed by atoms with E-state index in [0.717, 1.165) is 31.2 Å². The van der Waals surface area contributed by atoms with Crippen LogP contribution >= 0.6 is 0 Å². The second-order valence-electron chi connectivity index (χ2n) is 5.38. The van der Waals surface area contributed by atoms with Crippen molar-refractivity contribution in [3.63, 3.8) is 0 Å². The summed E-state index contributed by atoms with van der Waals surface area (Å²) in [5.41, 5.74) is -0.0174. The first-order valence-electron chi connectivity index (χ1n) is 6.96. The minimum atomic E-state index is -3.57. The molecule has 0 bridgehead atoms. The van der Waals surface area contributed by atoms with Crippen molar-refractivity contribution in [2.75, 3.05) is 17.6 Å². The molecule has 2 rings (SSSR count). The molecule has 1 amide bonds. The fourth-order valence-electron chi connectivity index (χ4n) is 2.37. The predicted octanol–water partition coefficient (Wildman–Crippen LogP) is 1.49. The van der Waals surface area contributed by atoms with Gasteiger partial charge in [0.2, 0.25) is 10.0 Å². The van der Waals surface area contributed by atoms with Gasteiger partial charge in [0.05, 0.1) is 29.7 Å². The summed E-state index contributed by atoms with van der Waals surface area (Å²) in [7, 11) is -3.57. The normalized spacial score (nSPS) is 19.7. The van der Waals surface area contributed by atoms with Crippen LogP contribution in [0.1, 0.15) is 30.1 Å². The summed E-state index contributed by atoms with van der Waals surface area (Å²) in [5.74, 6) is -1.16. The van der Waals surface area contributed by atoms with Crippen LogP contribution in [0.3, 0.4) is 0 Å². The molecule has 2 unspecified atom stereocenters. The van der Waals surface area contributed by atoms with Gasteiger partial charge in [0.1, 0.15) is 5.82 Å². The topological polar surface area (TPSA) is 84.5 Å². The molecule has 1 aliphatic heterocycles. The summed E-state index contributed by atoms with van der Waals surface area (Å²) >= 11 is 0. The van der Waals surface area contributed by atoms with Crippen LogP contribution in [0.25, 0.3) is 0 Å². The molecule has 2 atom stereocenters. The molecule has 122 valence electrons. The van der Waals surface area contributed by atoms with Gasteiger partial charge in [0.15, 0.2) is 0 Å². The molecule has 0 aromatic heterocycles. The van der Waals surface area contributed by atoms with Gasteiger partial charge in [-0.1, -0.05) is 0 Å². The lowest BCUT2D eigenvalue weighted by atomic mass is 10.1. The third-order valence-corrected chi connectivity index (χ3v) is 3.99. The van der Waals surface area contributed by atoms with Crippen molar-refractivity contribution in [3.05, 3.63) is 29.6 Å². The van der Waals surface area contributed by atoms with E-state index in [2.05, 4.69) is 10.0 Å². The molecule has 0 radical (unpaired) electrons. The van der Waals surface area contributed by atoms with Gasteiger partial charge in [-0.2, -0.15) is 0 Å². The number of anilines is 1. The monoisotopic (exact) mass is 330 g/mol. The Morgan fingerprint density at radius 3 is 2.77 bits per heavy atom. The zero-order valence-electron chi connectivity index (χ0n) is 12.4. The Morgan fingerprint density at radius 1 is 1.45 bits per heavy atom. The molecule has 0 spiro atoms. The van der Waals surface area contributed by atoms with Gasteiger partial charge in [-0.15, -0.1) is 0 Å². The molecule has 8 heteroatoms. The highest BCUT2D eigenvalue weighted by atomic mass is 32.2. The van der Waals surface area contributed by atoms with Gasteiger partial charge in [0, 0.05) is 6.61 Å². The molecule has 1 aromatic carbocycles. The number of hydrogen-bond donors (Lipinski definition) is 2. The minimum Gasteiger partial charge on any atom is -0.376 e. The number of amides is 1. The smallest absolute Gasteiger partial charge is 0.253 e. The molecule has 6 nitrogen and oxygen atoms in total. The van der Waals surface area contributed by atoms with Gasteiger partial charge >= 0.3 is 0 Å². The maximum absolute atomic E-state index is 13.4. The number of benzene rings is 1. The molecule has 0 saturated carbocycles. The Balaban J connectivity index is 2.18. The molecular formula is C14H19FN2O4S. The third kappa shape index (κ3) is 4.41. The van der Waals surface area contributed by atoms with Crippen molar-refractivity contribution >= 4 is 21.6 Å². The Kier molecular flexibility index (Phi) is 5.02. The van der Waals surface area contributed by atoms with E-state index in [-0.39, 0.29) is 23.4 Å². The average molecular weight is 330 g/mol. The number of carbonyl (C=O) groups excluding carboxylic acids is 1. The number of rotatable bonds is 5. The van der Waals surface area contributed by atoms with Crippen LogP contribution in [0.2, 0.25) is 0 Å². The van der Waals surface area contributed by atoms with E-state index in [4.69, 9.17) is 4.74 Å². The lowest BCUT2D eigenvalue weighted by molar-refractivity contribution is 0.0712. The van der Waals surface area contributed by atoms with Gasteiger partial charge in [0.25, 0.3) is 5.91 Å². The van der Waals surface area contributed by atoms with Gasteiger partial charge in [-0.3, -0.25) is 9.52 Å². The van der Waals surface area contributed by atoms with Crippen molar-refractivity contribution in [1.29, 1.82) is 0 Å². The Morgan fingerprint density at radius 2 is 2.18 bits per heavy atom. The van der Waals surface area contributed by atoms with Crippen molar-refractivity contribution in [2.45, 2.75) is 31.9 Å². The van der Waals surface area contributed by atoms with Gasteiger partial charge in [-0.25, -0.2) is 12.8 Å². The highest BCUT2D eigenvalue weighted by Gasteiger charge is 2.25. The summed E-state index contributed by atoms with van der Waals surface area (Å²) < 4.78 is 43.8. The van der Waals surface area contributed by atoms with Crippen LogP contribution in [0, 0.1) is 5.82 Å². The molecule has 1 fully saturated rings.